The average Bonchev–Trinajstić information content (AvgIpc) is 2.93. The van der Waals surface area contributed by atoms with Gasteiger partial charge in [0.15, 0.2) is 0 Å². The van der Waals surface area contributed by atoms with E-state index in [4.69, 9.17) is 5.73 Å². The third-order valence-corrected chi connectivity index (χ3v) is 6.55. The number of nitro benzene ring substituents is 1. The number of halogens is 1. The van der Waals surface area contributed by atoms with Gasteiger partial charge in [-0.15, -0.1) is 0 Å². The van der Waals surface area contributed by atoms with Crippen LogP contribution in [0.25, 0.3) is 0 Å². The van der Waals surface area contributed by atoms with Crippen molar-refractivity contribution in [1.82, 2.24) is 5.32 Å². The van der Waals surface area contributed by atoms with Crippen LogP contribution in [0.1, 0.15) is 28.7 Å². The van der Waals surface area contributed by atoms with Crippen LogP contribution < -0.4 is 11.1 Å². The zero-order valence-electron chi connectivity index (χ0n) is 20.4. The lowest BCUT2D eigenvalue weighted by molar-refractivity contribution is -0.387. The van der Waals surface area contributed by atoms with Gasteiger partial charge in [-0.3, -0.25) is 19.7 Å². The highest BCUT2D eigenvalue weighted by atomic mass is 19.1. The smallest absolute Gasteiger partial charge is 0.305 e. The van der Waals surface area contributed by atoms with E-state index >= 15 is 0 Å². The van der Waals surface area contributed by atoms with Crippen molar-refractivity contribution in [3.8, 4) is 0 Å². The zero-order chi connectivity index (χ0) is 27.1. The summed E-state index contributed by atoms with van der Waals surface area (Å²) in [4.78, 5) is 36.2. The Hall–Kier alpha value is -4.85. The van der Waals surface area contributed by atoms with Gasteiger partial charge < -0.3 is 11.1 Å². The summed E-state index contributed by atoms with van der Waals surface area (Å²) in [6.07, 6.45) is -0.171. The van der Waals surface area contributed by atoms with Gasteiger partial charge >= 0.3 is 5.69 Å². The number of hydrogen-bond donors (Lipinski definition) is 2. The molecular formula is C30H26FN3O4. The summed E-state index contributed by atoms with van der Waals surface area (Å²) in [6.45, 7) is 0. The van der Waals surface area contributed by atoms with E-state index in [1.54, 1.807) is 0 Å². The fourth-order valence-corrected chi connectivity index (χ4v) is 4.74. The fourth-order valence-electron chi connectivity index (χ4n) is 4.74. The highest BCUT2D eigenvalue weighted by Gasteiger charge is 2.39. The van der Waals surface area contributed by atoms with E-state index in [2.05, 4.69) is 5.32 Å². The van der Waals surface area contributed by atoms with Gasteiger partial charge in [0, 0.05) is 18.9 Å². The van der Waals surface area contributed by atoms with Crippen LogP contribution >= 0.6 is 0 Å². The SMILES string of the molecule is NC(=O)[C@@H](Cc1ccc(F)c([N+](=O)[O-])c1)NC(=O)CC(c1ccccc1)(c1ccccc1)c1ccccc1. The largest absolute Gasteiger partial charge is 0.368 e. The molecule has 0 aliphatic heterocycles. The predicted octanol–water partition coefficient (Wildman–Crippen LogP) is 4.67. The molecule has 0 aliphatic rings. The Morgan fingerprint density at radius 3 is 1.74 bits per heavy atom. The Morgan fingerprint density at radius 1 is 0.842 bits per heavy atom. The molecule has 0 spiro atoms. The first-order valence-electron chi connectivity index (χ1n) is 12.0. The van der Waals surface area contributed by atoms with E-state index in [0.29, 0.717) is 5.56 Å². The molecule has 3 N–H and O–H groups in total. The highest BCUT2D eigenvalue weighted by Crippen LogP contribution is 2.42. The van der Waals surface area contributed by atoms with E-state index in [0.717, 1.165) is 28.8 Å². The Bertz CT molecular complexity index is 1330. The predicted molar refractivity (Wildman–Crippen MR) is 142 cm³/mol. The Balaban J connectivity index is 1.71. The van der Waals surface area contributed by atoms with Crippen LogP contribution in [0.15, 0.2) is 109 Å². The molecule has 0 saturated heterocycles. The third kappa shape index (κ3) is 5.59. The maximum atomic E-state index is 13.8. The minimum absolute atomic E-state index is 0.0433. The number of carbonyl (C=O) groups is 2. The molecule has 0 saturated carbocycles. The number of hydrogen-bond acceptors (Lipinski definition) is 4. The quantitative estimate of drug-likeness (QED) is 0.183. The van der Waals surface area contributed by atoms with Gasteiger partial charge in [-0.1, -0.05) is 97.1 Å². The number of benzene rings is 4. The van der Waals surface area contributed by atoms with Gasteiger partial charge in [0.05, 0.1) is 10.3 Å². The van der Waals surface area contributed by atoms with Crippen molar-refractivity contribution in [2.45, 2.75) is 24.3 Å². The van der Waals surface area contributed by atoms with Crippen LogP contribution in [-0.2, 0) is 21.4 Å². The topological polar surface area (TPSA) is 115 Å². The minimum atomic E-state index is -1.16. The lowest BCUT2D eigenvalue weighted by atomic mass is 9.67. The molecule has 192 valence electrons. The minimum Gasteiger partial charge on any atom is -0.368 e. The molecule has 4 aromatic carbocycles. The van der Waals surface area contributed by atoms with Crippen molar-refractivity contribution >= 4 is 17.5 Å². The Morgan fingerprint density at radius 2 is 1.32 bits per heavy atom. The van der Waals surface area contributed by atoms with Crippen molar-refractivity contribution < 1.29 is 18.9 Å². The summed E-state index contributed by atoms with van der Waals surface area (Å²) >= 11 is 0. The summed E-state index contributed by atoms with van der Waals surface area (Å²) in [7, 11) is 0. The monoisotopic (exact) mass is 511 g/mol. The van der Waals surface area contributed by atoms with E-state index in [-0.39, 0.29) is 12.8 Å². The maximum Gasteiger partial charge on any atom is 0.305 e. The second-order valence-corrected chi connectivity index (χ2v) is 8.95. The number of nitrogens with one attached hydrogen (secondary N) is 1. The van der Waals surface area contributed by atoms with E-state index in [9.17, 15) is 24.1 Å². The summed E-state index contributed by atoms with van der Waals surface area (Å²) in [5.41, 5.74) is 6.95. The van der Waals surface area contributed by atoms with Crippen molar-refractivity contribution in [2.24, 2.45) is 5.73 Å². The first-order valence-corrected chi connectivity index (χ1v) is 12.0. The van der Waals surface area contributed by atoms with Crippen molar-refractivity contribution in [1.29, 1.82) is 0 Å². The van der Waals surface area contributed by atoms with E-state index < -0.39 is 39.7 Å². The molecule has 4 rings (SSSR count). The Labute approximate surface area is 219 Å². The average molecular weight is 512 g/mol. The molecule has 1 atom stereocenters. The van der Waals surface area contributed by atoms with Crippen molar-refractivity contribution in [2.75, 3.05) is 0 Å². The molecule has 38 heavy (non-hydrogen) atoms. The number of nitro groups is 1. The molecule has 2 amide bonds. The van der Waals surface area contributed by atoms with Crippen LogP contribution in [0.4, 0.5) is 10.1 Å². The fraction of sp³-hybridized carbons (Fsp3) is 0.133. The van der Waals surface area contributed by atoms with Crippen molar-refractivity contribution in [3.63, 3.8) is 0 Å². The molecule has 0 aliphatic carbocycles. The molecular weight excluding hydrogens is 485 g/mol. The van der Waals surface area contributed by atoms with Gasteiger partial charge in [0.1, 0.15) is 6.04 Å². The Kier molecular flexibility index (Phi) is 7.91. The van der Waals surface area contributed by atoms with Crippen LogP contribution in [-0.4, -0.2) is 22.8 Å². The summed E-state index contributed by atoms with van der Waals surface area (Å²) in [5, 5.41) is 13.9. The number of nitrogens with zero attached hydrogens (tertiary/aromatic N) is 1. The van der Waals surface area contributed by atoms with E-state index in [1.165, 1.54) is 6.07 Å². The lowest BCUT2D eigenvalue weighted by Gasteiger charge is -2.36. The molecule has 0 bridgehead atoms. The van der Waals surface area contributed by atoms with Gasteiger partial charge in [-0.25, -0.2) is 0 Å². The highest BCUT2D eigenvalue weighted by molar-refractivity contribution is 5.88. The van der Waals surface area contributed by atoms with Crippen LogP contribution in [0.5, 0.6) is 0 Å². The van der Waals surface area contributed by atoms with E-state index in [1.807, 2.05) is 91.0 Å². The molecule has 4 aromatic rings. The third-order valence-electron chi connectivity index (χ3n) is 6.55. The van der Waals surface area contributed by atoms with Gasteiger partial charge in [0.25, 0.3) is 0 Å². The van der Waals surface area contributed by atoms with Crippen LogP contribution in [0.3, 0.4) is 0 Å². The number of rotatable bonds is 10. The van der Waals surface area contributed by atoms with Gasteiger partial charge in [-0.05, 0) is 28.3 Å². The first-order chi connectivity index (χ1) is 18.3. The molecule has 8 heteroatoms. The summed E-state index contributed by atoms with van der Waals surface area (Å²) in [6, 6.07) is 31.0. The molecule has 0 unspecified atom stereocenters. The zero-order valence-corrected chi connectivity index (χ0v) is 20.4. The van der Waals surface area contributed by atoms with Crippen molar-refractivity contribution in [3.05, 3.63) is 147 Å². The first kappa shape index (κ1) is 26.2. The molecule has 0 aromatic heterocycles. The van der Waals surface area contributed by atoms with Gasteiger partial charge in [0.2, 0.25) is 17.6 Å². The number of amides is 2. The summed E-state index contributed by atoms with van der Waals surface area (Å²) < 4.78 is 13.8. The normalized spacial score (nSPS) is 11.9. The number of nitrogens with two attached hydrogens (primary N) is 1. The molecule has 7 nitrogen and oxygen atoms in total. The van der Waals surface area contributed by atoms with Crippen LogP contribution in [0, 0.1) is 15.9 Å². The van der Waals surface area contributed by atoms with Gasteiger partial charge in [-0.2, -0.15) is 4.39 Å². The summed E-state index contributed by atoms with van der Waals surface area (Å²) in [5.74, 6) is -2.24. The maximum absolute atomic E-state index is 13.8. The second kappa shape index (κ2) is 11.5. The number of carbonyl (C=O) groups excluding carboxylic acids is 2. The van der Waals surface area contributed by atoms with Crippen LogP contribution in [0.2, 0.25) is 0 Å². The molecule has 0 radical (unpaired) electrons. The lowest BCUT2D eigenvalue weighted by Crippen LogP contribution is -2.48. The second-order valence-electron chi connectivity index (χ2n) is 8.95. The molecule has 0 heterocycles. The molecule has 0 fully saturated rings. The standard InChI is InChI=1S/C30H26FN3O4/c31-25-17-16-21(19-27(25)34(37)38)18-26(29(32)36)33-28(35)20-30(22-10-4-1-5-11-22,23-12-6-2-7-13-23)24-14-8-3-9-15-24/h1-17,19,26H,18,20H2,(H2,32,36)(H,33,35)/t26-/m1/s1. The number of primary amides is 1.